The molecule has 0 saturated heterocycles. The predicted octanol–water partition coefficient (Wildman–Crippen LogP) is 5.81. The summed E-state index contributed by atoms with van der Waals surface area (Å²) in [5, 5.41) is 14.0. The van der Waals surface area contributed by atoms with Crippen molar-refractivity contribution >= 4 is 23.4 Å². The summed E-state index contributed by atoms with van der Waals surface area (Å²) >= 11 is 7.72. The van der Waals surface area contributed by atoms with Gasteiger partial charge in [0, 0.05) is 5.02 Å². The van der Waals surface area contributed by atoms with Crippen LogP contribution in [0.15, 0.2) is 78.0 Å². The lowest BCUT2D eigenvalue weighted by Gasteiger charge is -2.17. The van der Waals surface area contributed by atoms with Gasteiger partial charge in [0.25, 0.3) is 0 Å². The summed E-state index contributed by atoms with van der Waals surface area (Å²) in [6, 6.07) is 24.5. The molecule has 1 aromatic heterocycles. The van der Waals surface area contributed by atoms with E-state index in [2.05, 4.69) is 65.8 Å². The Labute approximate surface area is 173 Å². The van der Waals surface area contributed by atoms with Crippen LogP contribution in [0.25, 0.3) is 5.69 Å². The molecular formula is C22H19ClN4S. The van der Waals surface area contributed by atoms with Crippen LogP contribution in [0, 0.1) is 13.8 Å². The Kier molecular flexibility index (Phi) is 5.46. The molecule has 0 saturated carbocycles. The SMILES string of the molecule is Cc1ccc(-n2nnnc2S[C@H](c2ccccc2)c2ccc(Cl)cc2)cc1C. The normalized spacial score (nSPS) is 12.1. The van der Waals surface area contributed by atoms with Gasteiger partial charge in [0.15, 0.2) is 0 Å². The standard InChI is InChI=1S/C22H19ClN4S/c1-15-8-13-20(14-16(15)2)27-22(24-25-26-27)28-21(17-6-4-3-5-7-17)18-9-11-19(23)12-10-18/h3-14,21H,1-2H3/t21-/m1/s1. The third-order valence-electron chi connectivity index (χ3n) is 4.67. The Morgan fingerprint density at radius 2 is 1.57 bits per heavy atom. The van der Waals surface area contributed by atoms with Crippen molar-refractivity contribution in [2.45, 2.75) is 24.3 Å². The van der Waals surface area contributed by atoms with E-state index in [1.807, 2.05) is 36.4 Å². The molecule has 4 aromatic rings. The van der Waals surface area contributed by atoms with E-state index in [9.17, 15) is 0 Å². The van der Waals surface area contributed by atoms with Crippen molar-refractivity contribution in [3.05, 3.63) is 100 Å². The number of aromatic nitrogens is 4. The fourth-order valence-corrected chi connectivity index (χ4v) is 4.22. The highest BCUT2D eigenvalue weighted by molar-refractivity contribution is 7.99. The van der Waals surface area contributed by atoms with Gasteiger partial charge in [0.2, 0.25) is 5.16 Å². The molecule has 28 heavy (non-hydrogen) atoms. The number of hydrogen-bond donors (Lipinski definition) is 0. The van der Waals surface area contributed by atoms with Gasteiger partial charge in [-0.1, -0.05) is 71.9 Å². The van der Waals surface area contributed by atoms with Gasteiger partial charge >= 0.3 is 0 Å². The van der Waals surface area contributed by atoms with Crippen LogP contribution in [0.1, 0.15) is 27.5 Å². The number of rotatable bonds is 5. The Morgan fingerprint density at radius 3 is 2.29 bits per heavy atom. The number of tetrazole rings is 1. The van der Waals surface area contributed by atoms with Crippen molar-refractivity contribution < 1.29 is 0 Å². The minimum Gasteiger partial charge on any atom is -0.187 e. The van der Waals surface area contributed by atoms with Crippen LogP contribution in [0.2, 0.25) is 5.02 Å². The summed E-state index contributed by atoms with van der Waals surface area (Å²) in [5.41, 5.74) is 5.74. The van der Waals surface area contributed by atoms with Crippen LogP contribution in [0.5, 0.6) is 0 Å². The van der Waals surface area contributed by atoms with Crippen molar-refractivity contribution in [1.82, 2.24) is 20.2 Å². The van der Waals surface area contributed by atoms with Gasteiger partial charge in [0.1, 0.15) is 0 Å². The summed E-state index contributed by atoms with van der Waals surface area (Å²) in [6.45, 7) is 4.19. The highest BCUT2D eigenvalue weighted by atomic mass is 35.5. The molecule has 140 valence electrons. The number of hydrogen-bond acceptors (Lipinski definition) is 4. The van der Waals surface area contributed by atoms with E-state index in [1.54, 1.807) is 16.4 Å². The number of thioether (sulfide) groups is 1. The fourth-order valence-electron chi connectivity index (χ4n) is 2.97. The molecule has 0 aliphatic heterocycles. The highest BCUT2D eigenvalue weighted by Gasteiger charge is 2.20. The Balaban J connectivity index is 1.73. The Hall–Kier alpha value is -2.63. The van der Waals surface area contributed by atoms with Gasteiger partial charge in [-0.2, -0.15) is 4.68 Å². The second kappa shape index (κ2) is 8.17. The number of nitrogens with zero attached hydrogens (tertiary/aromatic N) is 4. The Morgan fingerprint density at radius 1 is 0.857 bits per heavy atom. The molecule has 0 N–H and O–H groups in total. The van der Waals surface area contributed by atoms with E-state index in [0.29, 0.717) is 0 Å². The van der Waals surface area contributed by atoms with E-state index >= 15 is 0 Å². The van der Waals surface area contributed by atoms with Crippen LogP contribution in [0.4, 0.5) is 0 Å². The smallest absolute Gasteiger partial charge is 0.187 e. The number of benzene rings is 3. The first-order valence-electron chi connectivity index (χ1n) is 8.95. The van der Waals surface area contributed by atoms with Gasteiger partial charge in [0.05, 0.1) is 10.9 Å². The van der Waals surface area contributed by atoms with E-state index in [1.165, 1.54) is 16.7 Å². The quantitative estimate of drug-likeness (QED) is 0.392. The van der Waals surface area contributed by atoms with E-state index in [-0.39, 0.29) is 5.25 Å². The molecule has 1 atom stereocenters. The maximum Gasteiger partial charge on any atom is 0.215 e. The largest absolute Gasteiger partial charge is 0.215 e. The predicted molar refractivity (Wildman–Crippen MR) is 114 cm³/mol. The minimum absolute atomic E-state index is 0.0507. The van der Waals surface area contributed by atoms with Crippen molar-refractivity contribution in [3.63, 3.8) is 0 Å². The first-order chi connectivity index (χ1) is 13.6. The first kappa shape index (κ1) is 18.7. The molecule has 6 heteroatoms. The molecule has 0 aliphatic rings. The molecule has 0 aliphatic carbocycles. The zero-order valence-electron chi connectivity index (χ0n) is 15.6. The van der Waals surface area contributed by atoms with Gasteiger partial charge in [-0.25, -0.2) is 0 Å². The third-order valence-corrected chi connectivity index (χ3v) is 6.17. The highest BCUT2D eigenvalue weighted by Crippen LogP contribution is 2.40. The van der Waals surface area contributed by atoms with Gasteiger partial charge in [-0.15, -0.1) is 5.10 Å². The zero-order valence-corrected chi connectivity index (χ0v) is 17.2. The van der Waals surface area contributed by atoms with Crippen LogP contribution >= 0.6 is 23.4 Å². The molecule has 0 bridgehead atoms. The topological polar surface area (TPSA) is 43.6 Å². The molecule has 0 fully saturated rings. The zero-order chi connectivity index (χ0) is 19.5. The summed E-state index contributed by atoms with van der Waals surface area (Å²) in [6.07, 6.45) is 0. The van der Waals surface area contributed by atoms with Crippen molar-refractivity contribution in [2.75, 3.05) is 0 Å². The van der Waals surface area contributed by atoms with Crippen molar-refractivity contribution in [3.8, 4) is 5.69 Å². The maximum absolute atomic E-state index is 6.09. The molecule has 4 nitrogen and oxygen atoms in total. The average Bonchev–Trinajstić information content (AvgIpc) is 3.18. The molecule has 0 unspecified atom stereocenters. The molecule has 0 spiro atoms. The minimum atomic E-state index is 0.0507. The molecule has 0 amide bonds. The van der Waals surface area contributed by atoms with Gasteiger partial charge in [-0.05, 0) is 70.8 Å². The monoisotopic (exact) mass is 406 g/mol. The van der Waals surface area contributed by atoms with Crippen LogP contribution < -0.4 is 0 Å². The summed E-state index contributed by atoms with van der Waals surface area (Å²) < 4.78 is 1.79. The van der Waals surface area contributed by atoms with Crippen LogP contribution in [-0.4, -0.2) is 20.2 Å². The summed E-state index contributed by atoms with van der Waals surface area (Å²) in [5.74, 6) is 0. The second-order valence-electron chi connectivity index (χ2n) is 6.60. The van der Waals surface area contributed by atoms with Crippen molar-refractivity contribution in [1.29, 1.82) is 0 Å². The molecule has 4 rings (SSSR count). The lowest BCUT2D eigenvalue weighted by atomic mass is 10.0. The maximum atomic E-state index is 6.09. The van der Waals surface area contributed by atoms with Gasteiger partial charge in [-0.3, -0.25) is 0 Å². The van der Waals surface area contributed by atoms with Gasteiger partial charge < -0.3 is 0 Å². The molecule has 3 aromatic carbocycles. The van der Waals surface area contributed by atoms with E-state index < -0.39 is 0 Å². The third kappa shape index (κ3) is 3.96. The van der Waals surface area contributed by atoms with Crippen LogP contribution in [-0.2, 0) is 0 Å². The number of halogens is 1. The van der Waals surface area contributed by atoms with E-state index in [0.717, 1.165) is 21.4 Å². The second-order valence-corrected chi connectivity index (χ2v) is 8.11. The molecule has 0 radical (unpaired) electrons. The number of aryl methyl sites for hydroxylation is 2. The van der Waals surface area contributed by atoms with Crippen LogP contribution in [0.3, 0.4) is 0 Å². The average molecular weight is 407 g/mol. The Bertz CT molecular complexity index is 1080. The lowest BCUT2D eigenvalue weighted by Crippen LogP contribution is -2.03. The lowest BCUT2D eigenvalue weighted by molar-refractivity contribution is 0.754. The molecular weight excluding hydrogens is 388 g/mol. The summed E-state index contributed by atoms with van der Waals surface area (Å²) in [7, 11) is 0. The van der Waals surface area contributed by atoms with Crippen molar-refractivity contribution in [2.24, 2.45) is 0 Å². The summed E-state index contributed by atoms with van der Waals surface area (Å²) in [4.78, 5) is 0. The van der Waals surface area contributed by atoms with E-state index in [4.69, 9.17) is 11.6 Å². The fraction of sp³-hybridized carbons (Fsp3) is 0.136. The first-order valence-corrected chi connectivity index (χ1v) is 10.2. The molecule has 1 heterocycles.